The third kappa shape index (κ3) is 2.94. The molecule has 1 aromatic carbocycles. The molecule has 0 radical (unpaired) electrons. The van der Waals surface area contributed by atoms with Gasteiger partial charge < -0.3 is 15.6 Å². The van der Waals surface area contributed by atoms with E-state index in [0.29, 0.717) is 12.4 Å². The zero-order chi connectivity index (χ0) is 13.8. The van der Waals surface area contributed by atoms with E-state index >= 15 is 0 Å². The minimum absolute atomic E-state index is 0.290. The second-order valence-corrected chi connectivity index (χ2v) is 3.93. The minimum atomic E-state index is -4.81. The topological polar surface area (TPSA) is 55.5 Å². The number of rotatable bonds is 5. The molecule has 0 saturated carbocycles. The summed E-state index contributed by atoms with van der Waals surface area (Å²) < 4.78 is 43.4. The highest BCUT2D eigenvalue weighted by Gasteiger charge is 2.54. The van der Waals surface area contributed by atoms with E-state index in [1.807, 2.05) is 6.92 Å². The van der Waals surface area contributed by atoms with Crippen molar-refractivity contribution in [2.75, 3.05) is 13.2 Å². The van der Waals surface area contributed by atoms with Gasteiger partial charge in [0.05, 0.1) is 6.61 Å². The van der Waals surface area contributed by atoms with Crippen molar-refractivity contribution in [2.24, 2.45) is 5.73 Å². The number of ether oxygens (including phenoxy) is 1. The molecular formula is C12H16F3NO2. The molecule has 0 aliphatic carbocycles. The number of halogens is 3. The summed E-state index contributed by atoms with van der Waals surface area (Å²) in [6.45, 7) is 1.48. The van der Waals surface area contributed by atoms with Gasteiger partial charge in [-0.3, -0.25) is 0 Å². The summed E-state index contributed by atoms with van der Waals surface area (Å²) >= 11 is 0. The highest BCUT2D eigenvalue weighted by Crippen LogP contribution is 2.38. The largest absolute Gasteiger partial charge is 0.494 e. The smallest absolute Gasteiger partial charge is 0.422 e. The van der Waals surface area contributed by atoms with E-state index in [2.05, 4.69) is 0 Å². The van der Waals surface area contributed by atoms with Crippen molar-refractivity contribution in [3.05, 3.63) is 29.8 Å². The lowest BCUT2D eigenvalue weighted by Gasteiger charge is -2.29. The maximum Gasteiger partial charge on any atom is 0.422 e. The summed E-state index contributed by atoms with van der Waals surface area (Å²) in [5, 5.41) is 9.60. The van der Waals surface area contributed by atoms with Gasteiger partial charge in [0.1, 0.15) is 5.75 Å². The zero-order valence-electron chi connectivity index (χ0n) is 10.00. The summed E-state index contributed by atoms with van der Waals surface area (Å²) in [6.07, 6.45) is -4.01. The summed E-state index contributed by atoms with van der Waals surface area (Å²) in [4.78, 5) is 0. The fourth-order valence-corrected chi connectivity index (χ4v) is 1.44. The standard InChI is InChI=1S/C12H16F3NO2/c1-2-7-18-10-5-3-9(4-6-10)11(17,8-16)12(13,14)15/h3-6,17H,2,7-8,16H2,1H3. The van der Waals surface area contributed by atoms with Crippen LogP contribution < -0.4 is 10.5 Å². The van der Waals surface area contributed by atoms with Gasteiger partial charge in [0.25, 0.3) is 0 Å². The highest BCUT2D eigenvalue weighted by molar-refractivity contribution is 5.32. The highest BCUT2D eigenvalue weighted by atomic mass is 19.4. The first-order valence-corrected chi connectivity index (χ1v) is 5.57. The molecule has 1 unspecified atom stereocenters. The van der Waals surface area contributed by atoms with Crippen LogP contribution in [0.15, 0.2) is 24.3 Å². The summed E-state index contributed by atoms with van der Waals surface area (Å²) in [5.74, 6) is 0.460. The van der Waals surface area contributed by atoms with Gasteiger partial charge in [0.2, 0.25) is 0 Å². The molecule has 18 heavy (non-hydrogen) atoms. The van der Waals surface area contributed by atoms with Gasteiger partial charge in [-0.2, -0.15) is 13.2 Å². The van der Waals surface area contributed by atoms with Gasteiger partial charge in [-0.15, -0.1) is 0 Å². The Morgan fingerprint density at radius 3 is 2.17 bits per heavy atom. The Morgan fingerprint density at radius 1 is 1.22 bits per heavy atom. The van der Waals surface area contributed by atoms with Crippen LogP contribution in [0.2, 0.25) is 0 Å². The van der Waals surface area contributed by atoms with Gasteiger partial charge in [0.15, 0.2) is 5.60 Å². The molecule has 0 aliphatic heterocycles. The molecule has 1 aromatic rings. The van der Waals surface area contributed by atoms with Crippen molar-refractivity contribution >= 4 is 0 Å². The molecule has 1 atom stereocenters. The number of alkyl halides is 3. The first-order chi connectivity index (χ1) is 8.35. The average molecular weight is 263 g/mol. The Kier molecular flexibility index (Phi) is 4.59. The van der Waals surface area contributed by atoms with Gasteiger partial charge in [0, 0.05) is 6.54 Å². The van der Waals surface area contributed by atoms with Crippen molar-refractivity contribution in [1.29, 1.82) is 0 Å². The van der Waals surface area contributed by atoms with Crippen molar-refractivity contribution in [3.8, 4) is 5.75 Å². The molecule has 0 fully saturated rings. The molecule has 0 spiro atoms. The van der Waals surface area contributed by atoms with E-state index in [4.69, 9.17) is 10.5 Å². The van der Waals surface area contributed by atoms with Crippen LogP contribution in [0.5, 0.6) is 5.75 Å². The first kappa shape index (κ1) is 14.8. The van der Waals surface area contributed by atoms with Gasteiger partial charge in [-0.05, 0) is 24.1 Å². The minimum Gasteiger partial charge on any atom is -0.494 e. The van der Waals surface area contributed by atoms with E-state index in [-0.39, 0.29) is 5.56 Å². The molecular weight excluding hydrogens is 247 g/mol. The maximum atomic E-state index is 12.7. The molecule has 0 bridgehead atoms. The molecule has 0 aliphatic rings. The summed E-state index contributed by atoms with van der Waals surface area (Å²) in [6, 6.07) is 5.12. The van der Waals surface area contributed by atoms with Crippen LogP contribution in [-0.2, 0) is 5.60 Å². The van der Waals surface area contributed by atoms with Crippen LogP contribution in [0.25, 0.3) is 0 Å². The number of benzene rings is 1. The van der Waals surface area contributed by atoms with E-state index < -0.39 is 18.3 Å². The summed E-state index contributed by atoms with van der Waals surface area (Å²) in [5.41, 5.74) is 1.73. The Bertz CT molecular complexity index is 378. The molecule has 3 N–H and O–H groups in total. The molecule has 102 valence electrons. The van der Waals surface area contributed by atoms with E-state index in [1.165, 1.54) is 24.3 Å². The quantitative estimate of drug-likeness (QED) is 0.856. The van der Waals surface area contributed by atoms with Crippen LogP contribution in [0.4, 0.5) is 13.2 Å². The van der Waals surface area contributed by atoms with Crippen LogP contribution in [0.3, 0.4) is 0 Å². The van der Waals surface area contributed by atoms with Crippen LogP contribution >= 0.6 is 0 Å². The number of hydrogen-bond donors (Lipinski definition) is 2. The van der Waals surface area contributed by atoms with E-state index in [1.54, 1.807) is 0 Å². The van der Waals surface area contributed by atoms with Crippen LogP contribution in [-0.4, -0.2) is 24.4 Å². The normalized spacial score (nSPS) is 15.2. The lowest BCUT2D eigenvalue weighted by atomic mass is 9.93. The number of aliphatic hydroxyl groups is 1. The van der Waals surface area contributed by atoms with Crippen molar-refractivity contribution in [1.82, 2.24) is 0 Å². The Hall–Kier alpha value is -1.27. The Labute approximate surface area is 103 Å². The molecule has 0 saturated heterocycles. The Balaban J connectivity index is 2.96. The van der Waals surface area contributed by atoms with Crippen molar-refractivity contribution < 1.29 is 23.0 Å². The maximum absolute atomic E-state index is 12.7. The monoisotopic (exact) mass is 263 g/mol. The first-order valence-electron chi connectivity index (χ1n) is 5.57. The van der Waals surface area contributed by atoms with E-state index in [9.17, 15) is 18.3 Å². The fraction of sp³-hybridized carbons (Fsp3) is 0.500. The average Bonchev–Trinajstić information content (AvgIpc) is 2.34. The third-order valence-electron chi connectivity index (χ3n) is 2.57. The molecule has 3 nitrogen and oxygen atoms in total. The zero-order valence-corrected chi connectivity index (χ0v) is 10.00. The predicted octanol–water partition coefficient (Wildman–Crippen LogP) is 2.18. The Morgan fingerprint density at radius 2 is 1.78 bits per heavy atom. The predicted molar refractivity (Wildman–Crippen MR) is 61.2 cm³/mol. The molecule has 0 heterocycles. The molecule has 0 amide bonds. The molecule has 0 aromatic heterocycles. The SMILES string of the molecule is CCCOc1ccc(C(O)(CN)C(F)(F)F)cc1. The van der Waals surface area contributed by atoms with Crippen LogP contribution in [0.1, 0.15) is 18.9 Å². The second-order valence-electron chi connectivity index (χ2n) is 3.93. The van der Waals surface area contributed by atoms with Gasteiger partial charge in [-0.25, -0.2) is 0 Å². The van der Waals surface area contributed by atoms with E-state index in [0.717, 1.165) is 6.42 Å². The van der Waals surface area contributed by atoms with Crippen molar-refractivity contribution in [2.45, 2.75) is 25.1 Å². The summed E-state index contributed by atoms with van der Waals surface area (Å²) in [7, 11) is 0. The van der Waals surface area contributed by atoms with Crippen molar-refractivity contribution in [3.63, 3.8) is 0 Å². The lowest BCUT2D eigenvalue weighted by molar-refractivity contribution is -0.262. The number of nitrogens with two attached hydrogens (primary N) is 1. The molecule has 1 rings (SSSR count). The van der Waals surface area contributed by atoms with Crippen LogP contribution in [0, 0.1) is 0 Å². The fourth-order valence-electron chi connectivity index (χ4n) is 1.44. The van der Waals surface area contributed by atoms with Gasteiger partial charge >= 0.3 is 6.18 Å². The van der Waals surface area contributed by atoms with Gasteiger partial charge in [-0.1, -0.05) is 19.1 Å². The third-order valence-corrected chi connectivity index (χ3v) is 2.57. The second kappa shape index (κ2) is 5.58. The molecule has 6 heteroatoms. The number of hydrogen-bond acceptors (Lipinski definition) is 3. The lowest BCUT2D eigenvalue weighted by Crippen LogP contribution is -2.48.